The molecule has 2 aromatic rings. The third kappa shape index (κ3) is 2.33. The summed E-state index contributed by atoms with van der Waals surface area (Å²) >= 11 is 1.76. The number of aromatic nitrogens is 1. The van der Waals surface area contributed by atoms with E-state index in [9.17, 15) is 0 Å². The van der Waals surface area contributed by atoms with Gasteiger partial charge in [0.25, 0.3) is 0 Å². The first-order chi connectivity index (χ1) is 8.84. The Bertz CT molecular complexity index is 507. The molecule has 3 rings (SSSR count). The fourth-order valence-electron chi connectivity index (χ4n) is 2.69. The van der Waals surface area contributed by atoms with Crippen LogP contribution in [0.2, 0.25) is 0 Å². The normalized spacial score (nSPS) is 20.4. The highest BCUT2D eigenvalue weighted by Gasteiger charge is 2.22. The predicted octanol–water partition coefficient (Wildman–Crippen LogP) is 3.87. The lowest BCUT2D eigenvalue weighted by Crippen LogP contribution is -2.28. The first-order valence-electron chi connectivity index (χ1n) is 6.56. The summed E-state index contributed by atoms with van der Waals surface area (Å²) in [5.74, 6) is 0. The molecule has 2 heterocycles. The van der Waals surface area contributed by atoms with Crippen LogP contribution in [0.3, 0.4) is 0 Å². The number of hydrogen-bond donors (Lipinski definition) is 1. The molecule has 0 bridgehead atoms. The summed E-state index contributed by atoms with van der Waals surface area (Å²) in [6.07, 6.45) is 5.54. The molecular weight excluding hydrogens is 240 g/mol. The quantitative estimate of drug-likeness (QED) is 0.904. The maximum absolute atomic E-state index is 4.58. The maximum Gasteiger partial charge on any atom is 0.0605 e. The first kappa shape index (κ1) is 11.9. The molecule has 1 aliphatic carbocycles. The van der Waals surface area contributed by atoms with Crippen LogP contribution >= 0.6 is 11.3 Å². The van der Waals surface area contributed by atoms with E-state index in [2.05, 4.69) is 40.1 Å². The summed E-state index contributed by atoms with van der Waals surface area (Å²) in [5.41, 5.74) is 4.05. The summed E-state index contributed by atoms with van der Waals surface area (Å²) in [6, 6.07) is 7.26. The van der Waals surface area contributed by atoms with Crippen molar-refractivity contribution >= 4 is 11.3 Å². The molecule has 0 saturated heterocycles. The number of pyridine rings is 1. The van der Waals surface area contributed by atoms with E-state index in [0.29, 0.717) is 12.1 Å². The van der Waals surface area contributed by atoms with E-state index in [1.165, 1.54) is 36.1 Å². The van der Waals surface area contributed by atoms with Crippen molar-refractivity contribution in [3.8, 4) is 0 Å². The Kier molecular flexibility index (Phi) is 3.43. The molecule has 0 aliphatic heterocycles. The maximum atomic E-state index is 4.58. The van der Waals surface area contributed by atoms with E-state index < -0.39 is 0 Å². The van der Waals surface area contributed by atoms with E-state index in [0.717, 1.165) is 0 Å². The summed E-state index contributed by atoms with van der Waals surface area (Å²) in [6.45, 7) is 2.24. The third-order valence-electron chi connectivity index (χ3n) is 3.69. The zero-order valence-electron chi connectivity index (χ0n) is 10.6. The molecule has 1 N–H and O–H groups in total. The van der Waals surface area contributed by atoms with Gasteiger partial charge in [-0.1, -0.05) is 6.07 Å². The van der Waals surface area contributed by atoms with Gasteiger partial charge < -0.3 is 5.32 Å². The van der Waals surface area contributed by atoms with E-state index >= 15 is 0 Å². The second-order valence-electron chi connectivity index (χ2n) is 4.94. The van der Waals surface area contributed by atoms with Crippen molar-refractivity contribution in [1.82, 2.24) is 10.3 Å². The molecule has 1 aliphatic rings. The number of aryl methyl sites for hydroxylation is 1. The fourth-order valence-corrected chi connectivity index (χ4v) is 3.45. The van der Waals surface area contributed by atoms with Gasteiger partial charge in [-0.15, -0.1) is 0 Å². The van der Waals surface area contributed by atoms with Crippen LogP contribution < -0.4 is 5.32 Å². The van der Waals surface area contributed by atoms with Gasteiger partial charge in [0, 0.05) is 12.2 Å². The molecule has 0 saturated carbocycles. The minimum absolute atomic E-state index is 0.397. The number of thiophene rings is 1. The Morgan fingerprint density at radius 2 is 2.39 bits per heavy atom. The van der Waals surface area contributed by atoms with Gasteiger partial charge in [-0.3, -0.25) is 4.98 Å². The van der Waals surface area contributed by atoms with Gasteiger partial charge in [-0.2, -0.15) is 11.3 Å². The topological polar surface area (TPSA) is 24.9 Å². The van der Waals surface area contributed by atoms with Crippen LogP contribution in [-0.2, 0) is 6.42 Å². The lowest BCUT2D eigenvalue weighted by Gasteiger charge is -2.28. The highest BCUT2D eigenvalue weighted by Crippen LogP contribution is 2.30. The molecule has 0 fully saturated rings. The molecule has 0 radical (unpaired) electrons. The van der Waals surface area contributed by atoms with Crippen molar-refractivity contribution in [3.63, 3.8) is 0 Å². The van der Waals surface area contributed by atoms with Crippen LogP contribution in [0.1, 0.15) is 48.7 Å². The van der Waals surface area contributed by atoms with Crippen molar-refractivity contribution in [2.45, 2.75) is 38.3 Å². The van der Waals surface area contributed by atoms with Crippen LogP contribution in [0, 0.1) is 0 Å². The Labute approximate surface area is 112 Å². The molecule has 0 amide bonds. The monoisotopic (exact) mass is 258 g/mol. The van der Waals surface area contributed by atoms with Crippen LogP contribution in [0.25, 0.3) is 0 Å². The second-order valence-corrected chi connectivity index (χ2v) is 5.72. The zero-order chi connectivity index (χ0) is 12.4. The van der Waals surface area contributed by atoms with Crippen LogP contribution in [0.5, 0.6) is 0 Å². The Morgan fingerprint density at radius 3 is 3.22 bits per heavy atom. The summed E-state index contributed by atoms with van der Waals surface area (Å²) in [5, 5.41) is 8.08. The standard InChI is InChI=1S/C15H18N2S/c1-11(13-7-9-18-10-13)17-14-6-2-4-12-5-3-8-16-15(12)14/h3,5,7-11,14,17H,2,4,6H2,1H3. The Morgan fingerprint density at radius 1 is 1.44 bits per heavy atom. The van der Waals surface area contributed by atoms with Gasteiger partial charge in [0.05, 0.1) is 11.7 Å². The van der Waals surface area contributed by atoms with Crippen molar-refractivity contribution in [3.05, 3.63) is 52.0 Å². The number of nitrogens with zero attached hydrogens (tertiary/aromatic N) is 1. The molecule has 0 aromatic carbocycles. The lowest BCUT2D eigenvalue weighted by atomic mass is 9.91. The van der Waals surface area contributed by atoms with Gasteiger partial charge in [-0.05, 0) is 60.2 Å². The molecule has 2 atom stereocenters. The molecular formula is C15H18N2S. The number of nitrogens with one attached hydrogen (secondary N) is 1. The minimum atomic E-state index is 0.397. The lowest BCUT2D eigenvalue weighted by molar-refractivity contribution is 0.407. The van der Waals surface area contributed by atoms with E-state index in [-0.39, 0.29) is 0 Å². The third-order valence-corrected chi connectivity index (χ3v) is 4.39. The smallest absolute Gasteiger partial charge is 0.0605 e. The van der Waals surface area contributed by atoms with Crippen LogP contribution in [0.15, 0.2) is 35.2 Å². The molecule has 2 aromatic heterocycles. The summed E-state index contributed by atoms with van der Waals surface area (Å²) in [7, 11) is 0. The highest BCUT2D eigenvalue weighted by atomic mass is 32.1. The van der Waals surface area contributed by atoms with Crippen molar-refractivity contribution in [1.29, 1.82) is 0 Å². The van der Waals surface area contributed by atoms with Gasteiger partial charge in [0.15, 0.2) is 0 Å². The Balaban J connectivity index is 1.78. The number of hydrogen-bond acceptors (Lipinski definition) is 3. The van der Waals surface area contributed by atoms with Gasteiger partial charge in [-0.25, -0.2) is 0 Å². The Hall–Kier alpha value is -1.19. The van der Waals surface area contributed by atoms with E-state index in [4.69, 9.17) is 0 Å². The zero-order valence-corrected chi connectivity index (χ0v) is 11.4. The predicted molar refractivity (Wildman–Crippen MR) is 75.8 cm³/mol. The molecule has 2 nitrogen and oxygen atoms in total. The molecule has 2 unspecified atom stereocenters. The second kappa shape index (κ2) is 5.21. The molecule has 18 heavy (non-hydrogen) atoms. The van der Waals surface area contributed by atoms with Gasteiger partial charge in [0.1, 0.15) is 0 Å². The van der Waals surface area contributed by atoms with E-state index in [1.54, 1.807) is 11.3 Å². The van der Waals surface area contributed by atoms with Crippen LogP contribution in [0.4, 0.5) is 0 Å². The highest BCUT2D eigenvalue weighted by molar-refractivity contribution is 7.07. The largest absolute Gasteiger partial charge is 0.302 e. The van der Waals surface area contributed by atoms with Crippen molar-refractivity contribution in [2.24, 2.45) is 0 Å². The SMILES string of the molecule is CC(NC1CCCc2cccnc21)c1ccsc1. The fraction of sp³-hybridized carbons (Fsp3) is 0.400. The van der Waals surface area contributed by atoms with Gasteiger partial charge in [0.2, 0.25) is 0 Å². The van der Waals surface area contributed by atoms with Crippen molar-refractivity contribution in [2.75, 3.05) is 0 Å². The average Bonchev–Trinajstić information content (AvgIpc) is 2.93. The summed E-state index contributed by atoms with van der Waals surface area (Å²) in [4.78, 5) is 4.58. The van der Waals surface area contributed by atoms with Gasteiger partial charge >= 0.3 is 0 Å². The average molecular weight is 258 g/mol. The van der Waals surface area contributed by atoms with Crippen LogP contribution in [-0.4, -0.2) is 4.98 Å². The molecule has 3 heteroatoms. The summed E-state index contributed by atoms with van der Waals surface area (Å²) < 4.78 is 0. The first-order valence-corrected chi connectivity index (χ1v) is 7.51. The number of fused-ring (bicyclic) bond motifs is 1. The molecule has 94 valence electrons. The van der Waals surface area contributed by atoms with Crippen molar-refractivity contribution < 1.29 is 0 Å². The molecule has 0 spiro atoms. The minimum Gasteiger partial charge on any atom is -0.302 e. The number of rotatable bonds is 3. The van der Waals surface area contributed by atoms with E-state index in [1.807, 2.05) is 12.3 Å².